The van der Waals surface area contributed by atoms with E-state index in [2.05, 4.69) is 4.98 Å². The maximum Gasteiger partial charge on any atom is 0.136 e. The lowest BCUT2D eigenvalue weighted by atomic mass is 10.1. The van der Waals surface area contributed by atoms with Crippen LogP contribution in [-0.2, 0) is 0 Å². The predicted octanol–water partition coefficient (Wildman–Crippen LogP) is 4.34. The van der Waals surface area contributed by atoms with Crippen molar-refractivity contribution in [2.24, 2.45) is 0 Å². The van der Waals surface area contributed by atoms with Crippen molar-refractivity contribution in [1.29, 1.82) is 0 Å². The SMILES string of the molecule is Nc1ccc(-c2csc(-c3c(F)cccc3F)n2)cc1. The Balaban J connectivity index is 2.04. The highest BCUT2D eigenvalue weighted by atomic mass is 32.1. The van der Waals surface area contributed by atoms with E-state index in [1.807, 2.05) is 12.1 Å². The van der Waals surface area contributed by atoms with Crippen molar-refractivity contribution in [2.75, 3.05) is 5.73 Å². The highest BCUT2D eigenvalue weighted by Gasteiger charge is 2.15. The van der Waals surface area contributed by atoms with Gasteiger partial charge >= 0.3 is 0 Å². The zero-order valence-electron chi connectivity index (χ0n) is 10.3. The highest BCUT2D eigenvalue weighted by molar-refractivity contribution is 7.13. The van der Waals surface area contributed by atoms with Gasteiger partial charge in [-0.2, -0.15) is 0 Å². The van der Waals surface area contributed by atoms with Crippen LogP contribution in [0.5, 0.6) is 0 Å². The molecule has 0 aliphatic carbocycles. The molecule has 0 atom stereocenters. The minimum Gasteiger partial charge on any atom is -0.399 e. The van der Waals surface area contributed by atoms with Gasteiger partial charge in [-0.3, -0.25) is 0 Å². The van der Waals surface area contributed by atoms with Gasteiger partial charge in [0.15, 0.2) is 0 Å². The normalized spacial score (nSPS) is 10.7. The average Bonchev–Trinajstić information content (AvgIpc) is 2.89. The van der Waals surface area contributed by atoms with Gasteiger partial charge in [0.1, 0.15) is 16.6 Å². The molecule has 0 radical (unpaired) electrons. The van der Waals surface area contributed by atoms with Gasteiger partial charge in [-0.15, -0.1) is 11.3 Å². The maximum absolute atomic E-state index is 13.7. The molecular weight excluding hydrogens is 278 g/mol. The topological polar surface area (TPSA) is 38.9 Å². The number of hydrogen-bond acceptors (Lipinski definition) is 3. The van der Waals surface area contributed by atoms with Crippen LogP contribution in [-0.4, -0.2) is 4.98 Å². The Labute approximate surface area is 118 Å². The van der Waals surface area contributed by atoms with Crippen molar-refractivity contribution in [1.82, 2.24) is 4.98 Å². The van der Waals surface area contributed by atoms with Gasteiger partial charge in [-0.1, -0.05) is 18.2 Å². The van der Waals surface area contributed by atoms with Crippen LogP contribution in [0.2, 0.25) is 0 Å². The average molecular weight is 288 g/mol. The quantitative estimate of drug-likeness (QED) is 0.712. The molecule has 0 saturated carbocycles. The Bertz CT molecular complexity index is 731. The molecule has 0 saturated heterocycles. The van der Waals surface area contributed by atoms with E-state index in [4.69, 9.17) is 5.73 Å². The smallest absolute Gasteiger partial charge is 0.136 e. The molecule has 0 aliphatic rings. The number of nitrogen functional groups attached to an aromatic ring is 1. The predicted molar refractivity (Wildman–Crippen MR) is 77.3 cm³/mol. The zero-order valence-corrected chi connectivity index (χ0v) is 11.1. The molecule has 3 rings (SSSR count). The summed E-state index contributed by atoms with van der Waals surface area (Å²) in [6.45, 7) is 0. The van der Waals surface area contributed by atoms with Crippen LogP contribution in [0.15, 0.2) is 47.8 Å². The van der Waals surface area contributed by atoms with Crippen molar-refractivity contribution in [2.45, 2.75) is 0 Å². The fourth-order valence-corrected chi connectivity index (χ4v) is 2.75. The fraction of sp³-hybridized carbons (Fsp3) is 0. The number of thiazole rings is 1. The molecule has 2 aromatic carbocycles. The van der Waals surface area contributed by atoms with Crippen molar-refractivity contribution >= 4 is 17.0 Å². The zero-order chi connectivity index (χ0) is 14.1. The first kappa shape index (κ1) is 12.7. The second-order valence-corrected chi connectivity index (χ2v) is 5.11. The molecule has 1 aromatic heterocycles. The fourth-order valence-electron chi connectivity index (χ4n) is 1.88. The lowest BCUT2D eigenvalue weighted by Crippen LogP contribution is -1.89. The van der Waals surface area contributed by atoms with Gasteiger partial charge < -0.3 is 5.73 Å². The van der Waals surface area contributed by atoms with Crippen molar-refractivity contribution in [3.63, 3.8) is 0 Å². The van der Waals surface area contributed by atoms with Crippen LogP contribution in [0.4, 0.5) is 14.5 Å². The molecule has 0 amide bonds. The standard InChI is InChI=1S/C15H10F2N2S/c16-11-2-1-3-12(17)14(11)15-19-13(8-20-15)9-4-6-10(18)7-5-9/h1-8H,18H2. The third kappa shape index (κ3) is 2.28. The summed E-state index contributed by atoms with van der Waals surface area (Å²) in [7, 11) is 0. The Morgan fingerprint density at radius 1 is 0.950 bits per heavy atom. The lowest BCUT2D eigenvalue weighted by molar-refractivity contribution is 0.589. The van der Waals surface area contributed by atoms with E-state index in [0.29, 0.717) is 16.4 Å². The first-order valence-electron chi connectivity index (χ1n) is 5.91. The van der Waals surface area contributed by atoms with Gasteiger partial charge in [0.2, 0.25) is 0 Å². The number of anilines is 1. The Morgan fingerprint density at radius 2 is 1.60 bits per heavy atom. The maximum atomic E-state index is 13.7. The number of nitrogens with two attached hydrogens (primary N) is 1. The van der Waals surface area contributed by atoms with Crippen LogP contribution in [0.1, 0.15) is 0 Å². The minimum atomic E-state index is -0.608. The van der Waals surface area contributed by atoms with Crippen molar-refractivity contribution < 1.29 is 8.78 Å². The van der Waals surface area contributed by atoms with Gasteiger partial charge in [0.05, 0.1) is 11.3 Å². The number of hydrogen-bond donors (Lipinski definition) is 1. The summed E-state index contributed by atoms with van der Waals surface area (Å²) in [5, 5.41) is 2.10. The molecule has 5 heteroatoms. The third-order valence-corrected chi connectivity index (χ3v) is 3.75. The lowest BCUT2D eigenvalue weighted by Gasteiger charge is -2.00. The Hall–Kier alpha value is -2.27. The molecule has 0 spiro atoms. The highest BCUT2D eigenvalue weighted by Crippen LogP contribution is 2.32. The second-order valence-electron chi connectivity index (χ2n) is 4.26. The van der Waals surface area contributed by atoms with Crippen molar-refractivity contribution in [3.8, 4) is 21.8 Å². The van der Waals surface area contributed by atoms with Crippen LogP contribution in [0.25, 0.3) is 21.8 Å². The summed E-state index contributed by atoms with van der Waals surface area (Å²) in [5.41, 5.74) is 7.73. The van der Waals surface area contributed by atoms with E-state index in [1.165, 1.54) is 29.5 Å². The van der Waals surface area contributed by atoms with Crippen molar-refractivity contribution in [3.05, 3.63) is 59.5 Å². The first-order valence-corrected chi connectivity index (χ1v) is 6.79. The second kappa shape index (κ2) is 5.02. The largest absolute Gasteiger partial charge is 0.399 e. The van der Waals surface area contributed by atoms with Crippen LogP contribution in [0.3, 0.4) is 0 Å². The molecule has 0 bridgehead atoms. The monoisotopic (exact) mass is 288 g/mol. The van der Waals surface area contributed by atoms with Gasteiger partial charge in [-0.05, 0) is 24.3 Å². The summed E-state index contributed by atoms with van der Waals surface area (Å²) >= 11 is 1.21. The summed E-state index contributed by atoms with van der Waals surface area (Å²) < 4.78 is 27.4. The van der Waals surface area contributed by atoms with Crippen LogP contribution in [0, 0.1) is 11.6 Å². The third-order valence-electron chi connectivity index (χ3n) is 2.89. The molecule has 0 unspecified atom stereocenters. The molecule has 3 aromatic rings. The van der Waals surface area contributed by atoms with Gasteiger partial charge in [-0.25, -0.2) is 13.8 Å². The molecule has 1 heterocycles. The molecule has 100 valence electrons. The molecular formula is C15H10F2N2S. The number of benzene rings is 2. The minimum absolute atomic E-state index is 0.0841. The summed E-state index contributed by atoms with van der Waals surface area (Å²) in [6, 6.07) is 11.0. The van der Waals surface area contributed by atoms with E-state index in [1.54, 1.807) is 17.5 Å². The Kier molecular flexibility index (Phi) is 3.20. The summed E-state index contributed by atoms with van der Waals surface area (Å²) in [6.07, 6.45) is 0. The van der Waals surface area contributed by atoms with E-state index in [0.717, 1.165) is 5.56 Å². The van der Waals surface area contributed by atoms with Gasteiger partial charge in [0.25, 0.3) is 0 Å². The number of nitrogens with zero attached hydrogens (tertiary/aromatic N) is 1. The summed E-state index contributed by atoms with van der Waals surface area (Å²) in [4.78, 5) is 4.30. The number of aromatic nitrogens is 1. The van der Waals surface area contributed by atoms with Crippen LogP contribution >= 0.6 is 11.3 Å². The number of rotatable bonds is 2. The van der Waals surface area contributed by atoms with Crippen LogP contribution < -0.4 is 5.73 Å². The molecule has 0 fully saturated rings. The molecule has 2 nitrogen and oxygen atoms in total. The first-order chi connectivity index (χ1) is 9.65. The summed E-state index contributed by atoms with van der Waals surface area (Å²) in [5.74, 6) is -1.22. The van der Waals surface area contributed by atoms with E-state index >= 15 is 0 Å². The number of halogens is 2. The molecule has 0 aliphatic heterocycles. The van der Waals surface area contributed by atoms with E-state index in [-0.39, 0.29) is 5.56 Å². The Morgan fingerprint density at radius 3 is 2.25 bits per heavy atom. The van der Waals surface area contributed by atoms with E-state index in [9.17, 15) is 8.78 Å². The molecule has 20 heavy (non-hydrogen) atoms. The molecule has 2 N–H and O–H groups in total. The van der Waals surface area contributed by atoms with E-state index < -0.39 is 11.6 Å². The van der Waals surface area contributed by atoms with Gasteiger partial charge in [0, 0.05) is 16.6 Å².